The first-order valence-corrected chi connectivity index (χ1v) is 7.59. The monoisotopic (exact) mass is 270 g/mol. The van der Waals surface area contributed by atoms with Gasteiger partial charge in [0.2, 0.25) is 0 Å². The minimum absolute atomic E-state index is 0.308. The van der Waals surface area contributed by atoms with Gasteiger partial charge in [-0.25, -0.2) is 0 Å². The van der Waals surface area contributed by atoms with Gasteiger partial charge >= 0.3 is 0 Å². The van der Waals surface area contributed by atoms with Crippen molar-refractivity contribution in [3.05, 3.63) is 53.7 Å². The molecule has 0 radical (unpaired) electrons. The number of furan rings is 1. The third-order valence-electron chi connectivity index (χ3n) is 4.16. The van der Waals surface area contributed by atoms with E-state index in [2.05, 4.69) is 29.4 Å². The zero-order valence-corrected chi connectivity index (χ0v) is 12.0. The van der Waals surface area contributed by atoms with Gasteiger partial charge in [0, 0.05) is 29.4 Å². The number of nitrogens with one attached hydrogen (secondary N) is 1. The molecule has 0 spiro atoms. The maximum absolute atomic E-state index is 5.29. The molecule has 2 atom stereocenters. The van der Waals surface area contributed by atoms with Crippen LogP contribution >= 0.6 is 0 Å². The average Bonchev–Trinajstić information content (AvgIpc) is 3.02. The maximum Gasteiger partial charge on any atom is 0.0950 e. The van der Waals surface area contributed by atoms with Crippen LogP contribution in [0.1, 0.15) is 55.0 Å². The minimum Gasteiger partial charge on any atom is -0.472 e. The first-order chi connectivity index (χ1) is 9.90. The van der Waals surface area contributed by atoms with Crippen molar-refractivity contribution in [3.8, 4) is 0 Å². The molecule has 1 N–H and O–H groups in total. The van der Waals surface area contributed by atoms with Gasteiger partial charge in [0.05, 0.1) is 12.5 Å². The predicted molar refractivity (Wildman–Crippen MR) is 79.7 cm³/mol. The van der Waals surface area contributed by atoms with Gasteiger partial charge in [0.25, 0.3) is 0 Å². The van der Waals surface area contributed by atoms with E-state index in [-0.39, 0.29) is 0 Å². The largest absolute Gasteiger partial charge is 0.472 e. The summed E-state index contributed by atoms with van der Waals surface area (Å²) in [5.74, 6) is 0.448. The van der Waals surface area contributed by atoms with Gasteiger partial charge in [0.15, 0.2) is 0 Å². The Kier molecular flexibility index (Phi) is 4.16. The SMILES string of the molecule is CCCNC(c1ccoc1)C1CCCc2cccnc21. The zero-order chi connectivity index (χ0) is 13.8. The molecule has 106 valence electrons. The van der Waals surface area contributed by atoms with E-state index >= 15 is 0 Å². The molecule has 3 heteroatoms. The molecule has 0 amide bonds. The quantitative estimate of drug-likeness (QED) is 0.897. The van der Waals surface area contributed by atoms with Crippen molar-refractivity contribution in [2.75, 3.05) is 6.54 Å². The highest BCUT2D eigenvalue weighted by Gasteiger charge is 2.30. The number of rotatable bonds is 5. The van der Waals surface area contributed by atoms with Gasteiger partial charge in [-0.05, 0) is 49.9 Å². The van der Waals surface area contributed by atoms with Crippen LogP contribution in [0, 0.1) is 0 Å². The van der Waals surface area contributed by atoms with Crippen molar-refractivity contribution in [2.45, 2.75) is 44.6 Å². The molecular weight excluding hydrogens is 248 g/mol. The second-order valence-electron chi connectivity index (χ2n) is 5.53. The van der Waals surface area contributed by atoms with Crippen molar-refractivity contribution in [1.29, 1.82) is 0 Å². The number of hydrogen-bond acceptors (Lipinski definition) is 3. The van der Waals surface area contributed by atoms with Crippen molar-refractivity contribution >= 4 is 0 Å². The molecule has 2 aromatic rings. The smallest absolute Gasteiger partial charge is 0.0950 e. The standard InChI is InChI=1S/C17H22N2O/c1-2-9-18-17(14-8-11-20-12-14)15-7-3-5-13-6-4-10-19-16(13)15/h4,6,8,10-12,15,17-18H,2-3,5,7,9H2,1H3. The van der Waals surface area contributed by atoms with Gasteiger partial charge in [0.1, 0.15) is 0 Å². The maximum atomic E-state index is 5.29. The van der Waals surface area contributed by atoms with E-state index in [1.807, 2.05) is 18.5 Å². The molecule has 0 bridgehead atoms. The topological polar surface area (TPSA) is 38.1 Å². The summed E-state index contributed by atoms with van der Waals surface area (Å²) < 4.78 is 5.29. The van der Waals surface area contributed by atoms with Gasteiger partial charge in [-0.3, -0.25) is 4.98 Å². The lowest BCUT2D eigenvalue weighted by Gasteiger charge is -2.31. The molecule has 0 aromatic carbocycles. The van der Waals surface area contributed by atoms with Crippen molar-refractivity contribution in [1.82, 2.24) is 10.3 Å². The number of nitrogens with zero attached hydrogens (tertiary/aromatic N) is 1. The van der Waals surface area contributed by atoms with Crippen molar-refractivity contribution < 1.29 is 4.42 Å². The molecule has 3 nitrogen and oxygen atoms in total. The van der Waals surface area contributed by atoms with E-state index in [1.54, 1.807) is 6.26 Å². The molecule has 1 aliphatic carbocycles. The second-order valence-corrected chi connectivity index (χ2v) is 5.53. The highest BCUT2D eigenvalue weighted by molar-refractivity contribution is 5.30. The van der Waals surface area contributed by atoms with E-state index in [0.717, 1.165) is 19.4 Å². The summed E-state index contributed by atoms with van der Waals surface area (Å²) >= 11 is 0. The summed E-state index contributed by atoms with van der Waals surface area (Å²) in [6.07, 6.45) is 10.3. The number of hydrogen-bond donors (Lipinski definition) is 1. The predicted octanol–water partition coefficient (Wildman–Crippen LogP) is 3.84. The van der Waals surface area contributed by atoms with Gasteiger partial charge < -0.3 is 9.73 Å². The van der Waals surface area contributed by atoms with Crippen LogP contribution in [0.2, 0.25) is 0 Å². The molecule has 0 fully saturated rings. The molecule has 1 aliphatic rings. The fourth-order valence-corrected chi connectivity index (χ4v) is 3.21. The Labute approximate surface area is 120 Å². The lowest BCUT2D eigenvalue weighted by atomic mass is 9.80. The lowest BCUT2D eigenvalue weighted by Crippen LogP contribution is -2.30. The van der Waals surface area contributed by atoms with Crippen molar-refractivity contribution in [2.24, 2.45) is 0 Å². The Hall–Kier alpha value is -1.61. The van der Waals surface area contributed by atoms with Crippen LogP contribution in [0.5, 0.6) is 0 Å². The summed E-state index contributed by atoms with van der Waals surface area (Å²) in [6.45, 7) is 3.22. The molecular formula is C17H22N2O. The Bertz CT molecular complexity index is 536. The normalized spacial score (nSPS) is 19.6. The van der Waals surface area contributed by atoms with Gasteiger partial charge in [-0.1, -0.05) is 13.0 Å². The fourth-order valence-electron chi connectivity index (χ4n) is 3.21. The van der Waals surface area contributed by atoms with Crippen LogP contribution in [0.4, 0.5) is 0 Å². The van der Waals surface area contributed by atoms with Crippen LogP contribution < -0.4 is 5.32 Å². The minimum atomic E-state index is 0.308. The summed E-state index contributed by atoms with van der Waals surface area (Å²) in [7, 11) is 0. The number of aromatic nitrogens is 1. The number of pyridine rings is 1. The molecule has 20 heavy (non-hydrogen) atoms. The zero-order valence-electron chi connectivity index (χ0n) is 12.0. The third-order valence-corrected chi connectivity index (χ3v) is 4.16. The van der Waals surface area contributed by atoms with Crippen LogP contribution in [0.3, 0.4) is 0 Å². The summed E-state index contributed by atoms with van der Waals surface area (Å²) in [6, 6.07) is 6.65. The molecule has 2 heterocycles. The van der Waals surface area contributed by atoms with E-state index < -0.39 is 0 Å². The molecule has 3 rings (SSSR count). The fraction of sp³-hybridized carbons (Fsp3) is 0.471. The lowest BCUT2D eigenvalue weighted by molar-refractivity contribution is 0.391. The summed E-state index contributed by atoms with van der Waals surface area (Å²) in [5, 5.41) is 3.68. The van der Waals surface area contributed by atoms with Crippen molar-refractivity contribution in [3.63, 3.8) is 0 Å². The van der Waals surface area contributed by atoms with E-state index in [1.165, 1.54) is 29.7 Å². The van der Waals surface area contributed by atoms with Gasteiger partial charge in [-0.15, -0.1) is 0 Å². The van der Waals surface area contributed by atoms with Crippen LogP contribution in [0.15, 0.2) is 41.3 Å². The number of fused-ring (bicyclic) bond motifs is 1. The van der Waals surface area contributed by atoms with Crippen LogP contribution in [-0.2, 0) is 6.42 Å². The molecule has 0 saturated carbocycles. The number of aryl methyl sites for hydroxylation is 1. The molecule has 0 saturated heterocycles. The summed E-state index contributed by atoms with van der Waals surface area (Å²) in [5.41, 5.74) is 3.92. The molecule has 0 aliphatic heterocycles. The average molecular weight is 270 g/mol. The Morgan fingerprint density at radius 2 is 2.40 bits per heavy atom. The Balaban J connectivity index is 1.92. The Morgan fingerprint density at radius 1 is 1.45 bits per heavy atom. The molecule has 2 aromatic heterocycles. The van der Waals surface area contributed by atoms with E-state index in [0.29, 0.717) is 12.0 Å². The Morgan fingerprint density at radius 3 is 3.20 bits per heavy atom. The first kappa shape index (κ1) is 13.4. The molecule has 2 unspecified atom stereocenters. The van der Waals surface area contributed by atoms with Crippen LogP contribution in [-0.4, -0.2) is 11.5 Å². The second kappa shape index (κ2) is 6.23. The van der Waals surface area contributed by atoms with Gasteiger partial charge in [-0.2, -0.15) is 0 Å². The van der Waals surface area contributed by atoms with E-state index in [4.69, 9.17) is 4.42 Å². The first-order valence-electron chi connectivity index (χ1n) is 7.59. The van der Waals surface area contributed by atoms with Crippen LogP contribution in [0.25, 0.3) is 0 Å². The third kappa shape index (κ3) is 2.63. The highest BCUT2D eigenvalue weighted by Crippen LogP contribution is 2.39. The summed E-state index contributed by atoms with van der Waals surface area (Å²) in [4.78, 5) is 4.67. The van der Waals surface area contributed by atoms with E-state index in [9.17, 15) is 0 Å². The highest BCUT2D eigenvalue weighted by atomic mass is 16.3.